The fourth-order valence-electron chi connectivity index (χ4n) is 1.95. The zero-order valence-corrected chi connectivity index (χ0v) is 11.5. The molecule has 0 saturated carbocycles. The van der Waals surface area contributed by atoms with Crippen LogP contribution in [0.3, 0.4) is 0 Å². The molecule has 1 amide bonds. The predicted molar refractivity (Wildman–Crippen MR) is 76.3 cm³/mol. The maximum absolute atomic E-state index is 13.6. The summed E-state index contributed by atoms with van der Waals surface area (Å²) < 4.78 is 31.4. The number of halogens is 2. The highest BCUT2D eigenvalue weighted by Crippen LogP contribution is 2.17. The van der Waals surface area contributed by atoms with Gasteiger partial charge in [0.25, 0.3) is 5.91 Å². The number of rotatable bonds is 5. The average molecular weight is 291 g/mol. The number of carbonyl (C=O) groups excluding carboxylic acids is 1. The third kappa shape index (κ3) is 3.86. The van der Waals surface area contributed by atoms with Crippen molar-refractivity contribution in [1.29, 1.82) is 0 Å². The van der Waals surface area contributed by atoms with Crippen molar-refractivity contribution in [2.24, 2.45) is 0 Å². The molecule has 2 aromatic carbocycles. The summed E-state index contributed by atoms with van der Waals surface area (Å²) in [4.78, 5) is 12.2. The minimum Gasteiger partial charge on any atom is -0.384 e. The largest absolute Gasteiger partial charge is 0.384 e. The van der Waals surface area contributed by atoms with Crippen LogP contribution in [0.4, 0.5) is 14.5 Å². The summed E-state index contributed by atoms with van der Waals surface area (Å²) in [5.74, 6) is -1.93. The summed E-state index contributed by atoms with van der Waals surface area (Å²) >= 11 is 0. The first-order valence-electron chi connectivity index (χ1n) is 6.45. The molecule has 0 saturated heterocycles. The minimum absolute atomic E-state index is 0.0528. The molecule has 0 heterocycles. The standard InChI is InChI=1S/C16H15F2NO2/c1-21-9-8-11-4-2-3-5-13(11)16(20)19-15-7-6-12(17)10-14(15)18/h2-7,10H,8-9H2,1H3,(H,19,20). The molecule has 3 nitrogen and oxygen atoms in total. The first kappa shape index (κ1) is 15.1. The van der Waals surface area contributed by atoms with Crippen LogP contribution >= 0.6 is 0 Å². The quantitative estimate of drug-likeness (QED) is 0.917. The van der Waals surface area contributed by atoms with Gasteiger partial charge in [-0.1, -0.05) is 18.2 Å². The number of anilines is 1. The summed E-state index contributed by atoms with van der Waals surface area (Å²) in [5.41, 5.74) is 1.19. The van der Waals surface area contributed by atoms with Gasteiger partial charge in [0, 0.05) is 18.7 Å². The predicted octanol–water partition coefficient (Wildman–Crippen LogP) is 3.41. The Morgan fingerprint density at radius 2 is 1.95 bits per heavy atom. The van der Waals surface area contributed by atoms with Gasteiger partial charge in [0.1, 0.15) is 11.6 Å². The molecular weight excluding hydrogens is 276 g/mol. The number of amides is 1. The molecular formula is C16H15F2NO2. The van der Waals surface area contributed by atoms with Gasteiger partial charge in [-0.25, -0.2) is 8.78 Å². The molecule has 0 radical (unpaired) electrons. The van der Waals surface area contributed by atoms with Crippen LogP contribution in [0.25, 0.3) is 0 Å². The Kier molecular flexibility index (Phi) is 5.00. The van der Waals surface area contributed by atoms with Gasteiger partial charge in [-0.3, -0.25) is 4.79 Å². The van der Waals surface area contributed by atoms with E-state index in [4.69, 9.17) is 4.74 Å². The van der Waals surface area contributed by atoms with Crippen molar-refractivity contribution in [1.82, 2.24) is 0 Å². The highest BCUT2D eigenvalue weighted by Gasteiger charge is 2.13. The van der Waals surface area contributed by atoms with Crippen molar-refractivity contribution in [3.05, 3.63) is 65.2 Å². The van der Waals surface area contributed by atoms with Gasteiger partial charge in [0.05, 0.1) is 12.3 Å². The molecule has 0 unspecified atom stereocenters. The zero-order chi connectivity index (χ0) is 15.2. The summed E-state index contributed by atoms with van der Waals surface area (Å²) in [6.45, 7) is 0.481. The Labute approximate surface area is 121 Å². The van der Waals surface area contributed by atoms with E-state index in [0.717, 1.165) is 17.7 Å². The monoisotopic (exact) mass is 291 g/mol. The molecule has 0 atom stereocenters. The second kappa shape index (κ2) is 6.95. The van der Waals surface area contributed by atoms with Crippen LogP contribution in [0, 0.1) is 11.6 Å². The van der Waals surface area contributed by atoms with Crippen molar-refractivity contribution < 1.29 is 18.3 Å². The molecule has 21 heavy (non-hydrogen) atoms. The second-order valence-electron chi connectivity index (χ2n) is 4.48. The average Bonchev–Trinajstić information content (AvgIpc) is 2.48. The topological polar surface area (TPSA) is 38.3 Å². The van der Waals surface area contributed by atoms with Crippen LogP contribution in [0.5, 0.6) is 0 Å². The number of hydrogen-bond acceptors (Lipinski definition) is 2. The van der Waals surface area contributed by atoms with Crippen LogP contribution in [0.15, 0.2) is 42.5 Å². The van der Waals surface area contributed by atoms with Gasteiger partial charge < -0.3 is 10.1 Å². The van der Waals surface area contributed by atoms with Crippen LogP contribution in [0.2, 0.25) is 0 Å². The smallest absolute Gasteiger partial charge is 0.256 e. The molecule has 2 rings (SSSR count). The second-order valence-corrected chi connectivity index (χ2v) is 4.48. The molecule has 0 spiro atoms. The number of nitrogens with one attached hydrogen (secondary N) is 1. The van der Waals surface area contributed by atoms with Gasteiger partial charge in [0.2, 0.25) is 0 Å². The maximum Gasteiger partial charge on any atom is 0.256 e. The van der Waals surface area contributed by atoms with E-state index >= 15 is 0 Å². The molecule has 0 aliphatic carbocycles. The SMILES string of the molecule is COCCc1ccccc1C(=O)Nc1ccc(F)cc1F. The van der Waals surface area contributed by atoms with Crippen LogP contribution < -0.4 is 5.32 Å². The Bertz CT molecular complexity index is 644. The third-order valence-electron chi connectivity index (χ3n) is 3.02. The number of benzene rings is 2. The minimum atomic E-state index is -0.808. The highest BCUT2D eigenvalue weighted by atomic mass is 19.1. The van der Waals surface area contributed by atoms with Gasteiger partial charge in [-0.2, -0.15) is 0 Å². The zero-order valence-electron chi connectivity index (χ0n) is 11.5. The maximum atomic E-state index is 13.6. The number of methoxy groups -OCH3 is 1. The van der Waals surface area contributed by atoms with Gasteiger partial charge in [0.15, 0.2) is 0 Å². The molecule has 2 aromatic rings. The van der Waals surface area contributed by atoms with Crippen LogP contribution in [-0.2, 0) is 11.2 Å². The Balaban J connectivity index is 2.20. The highest BCUT2D eigenvalue weighted by molar-refractivity contribution is 6.05. The normalized spacial score (nSPS) is 10.4. The third-order valence-corrected chi connectivity index (χ3v) is 3.02. The van der Waals surface area contributed by atoms with Crippen molar-refractivity contribution in [2.75, 3.05) is 19.0 Å². The van der Waals surface area contributed by atoms with E-state index in [0.29, 0.717) is 18.6 Å². The molecule has 0 aliphatic heterocycles. The molecule has 0 aliphatic rings. The molecule has 0 fully saturated rings. The Morgan fingerprint density at radius 1 is 1.19 bits per heavy atom. The van der Waals surface area contributed by atoms with E-state index in [-0.39, 0.29) is 5.69 Å². The lowest BCUT2D eigenvalue weighted by molar-refractivity contribution is 0.102. The first-order chi connectivity index (χ1) is 10.1. The van der Waals surface area contributed by atoms with Crippen LogP contribution in [0.1, 0.15) is 15.9 Å². The lowest BCUT2D eigenvalue weighted by Gasteiger charge is -2.10. The Morgan fingerprint density at radius 3 is 2.67 bits per heavy atom. The lowest BCUT2D eigenvalue weighted by atomic mass is 10.0. The Hall–Kier alpha value is -2.27. The first-order valence-corrected chi connectivity index (χ1v) is 6.45. The van der Waals surface area contributed by atoms with Crippen molar-refractivity contribution in [3.8, 4) is 0 Å². The van der Waals surface area contributed by atoms with Gasteiger partial charge >= 0.3 is 0 Å². The van der Waals surface area contributed by atoms with Crippen molar-refractivity contribution in [2.45, 2.75) is 6.42 Å². The number of carbonyl (C=O) groups is 1. The van der Waals surface area contributed by atoms with Crippen LogP contribution in [-0.4, -0.2) is 19.6 Å². The molecule has 0 bridgehead atoms. The van der Waals surface area contributed by atoms with Gasteiger partial charge in [-0.15, -0.1) is 0 Å². The van der Waals surface area contributed by atoms with Gasteiger partial charge in [-0.05, 0) is 30.2 Å². The number of ether oxygens (including phenoxy) is 1. The number of hydrogen-bond donors (Lipinski definition) is 1. The fourth-order valence-corrected chi connectivity index (χ4v) is 1.95. The molecule has 5 heteroatoms. The lowest BCUT2D eigenvalue weighted by Crippen LogP contribution is -2.16. The summed E-state index contributed by atoms with van der Waals surface area (Å²) in [6.07, 6.45) is 0.575. The molecule has 1 N–H and O–H groups in total. The van der Waals surface area contributed by atoms with E-state index in [9.17, 15) is 13.6 Å². The van der Waals surface area contributed by atoms with E-state index in [1.807, 2.05) is 12.1 Å². The molecule has 110 valence electrons. The van der Waals surface area contributed by atoms with Crippen molar-refractivity contribution in [3.63, 3.8) is 0 Å². The van der Waals surface area contributed by atoms with E-state index in [1.165, 1.54) is 6.07 Å². The van der Waals surface area contributed by atoms with E-state index < -0.39 is 17.5 Å². The van der Waals surface area contributed by atoms with Crippen molar-refractivity contribution >= 4 is 11.6 Å². The van der Waals surface area contributed by atoms with E-state index in [1.54, 1.807) is 19.2 Å². The fraction of sp³-hybridized carbons (Fsp3) is 0.188. The molecule has 0 aromatic heterocycles. The summed E-state index contributed by atoms with van der Waals surface area (Å²) in [6, 6.07) is 10.0. The summed E-state index contributed by atoms with van der Waals surface area (Å²) in [5, 5.41) is 2.45. The van der Waals surface area contributed by atoms with E-state index in [2.05, 4.69) is 5.32 Å². The summed E-state index contributed by atoms with van der Waals surface area (Å²) in [7, 11) is 1.58.